The average molecular weight is 379 g/mol. The van der Waals surface area contributed by atoms with Crippen molar-refractivity contribution >= 4 is 22.2 Å². The van der Waals surface area contributed by atoms with Crippen LogP contribution in [0.25, 0.3) is 33.3 Å². The maximum absolute atomic E-state index is 12.5. The molecule has 1 saturated heterocycles. The molecule has 0 saturated carbocycles. The summed E-state index contributed by atoms with van der Waals surface area (Å²) in [6.07, 6.45) is 5.45. The summed E-state index contributed by atoms with van der Waals surface area (Å²) in [5, 5.41) is 1.12. The molecule has 144 valence electrons. The highest BCUT2D eigenvalue weighted by atomic mass is 16.6. The normalized spacial score (nSPS) is 17.6. The Morgan fingerprint density at radius 3 is 2.89 bits per heavy atom. The Hall–Kier alpha value is -2.97. The first kappa shape index (κ1) is 17.2. The number of nitrogens with zero attached hydrogens (tertiary/aromatic N) is 3. The standard InChI is InChI=1S/C20H21N5O3/c1-11-6-21-19-17(11)12(2)15(8-23-19)13-5-16-18(22-7-13)24-20(26)25(16)9-14-10-27-3-4-28-14/h5-8,14H,3-4,9-10H2,1-2H3,(H,21,23)(H,22,24,26)/t14-/m0/s1. The Kier molecular flexibility index (Phi) is 4.03. The highest BCUT2D eigenvalue weighted by molar-refractivity contribution is 5.90. The molecule has 1 atom stereocenters. The predicted molar refractivity (Wildman–Crippen MR) is 105 cm³/mol. The Morgan fingerprint density at radius 1 is 1.21 bits per heavy atom. The van der Waals surface area contributed by atoms with Crippen LogP contribution in [-0.2, 0) is 16.0 Å². The molecule has 1 fully saturated rings. The van der Waals surface area contributed by atoms with Crippen LogP contribution in [0.1, 0.15) is 11.1 Å². The second kappa shape index (κ2) is 6.57. The molecule has 0 aromatic carbocycles. The first-order valence-electron chi connectivity index (χ1n) is 9.33. The van der Waals surface area contributed by atoms with E-state index in [1.807, 2.05) is 18.5 Å². The lowest BCUT2D eigenvalue weighted by atomic mass is 10.0. The van der Waals surface area contributed by atoms with Crippen LogP contribution in [0, 0.1) is 13.8 Å². The zero-order valence-electron chi connectivity index (χ0n) is 15.8. The summed E-state index contributed by atoms with van der Waals surface area (Å²) in [5.41, 5.74) is 6.22. The number of fused-ring (bicyclic) bond motifs is 2. The Morgan fingerprint density at radius 2 is 2.07 bits per heavy atom. The molecule has 0 aliphatic carbocycles. The van der Waals surface area contributed by atoms with Crippen molar-refractivity contribution in [3.05, 3.63) is 46.3 Å². The average Bonchev–Trinajstić information content (AvgIpc) is 3.23. The van der Waals surface area contributed by atoms with Crippen LogP contribution in [0.2, 0.25) is 0 Å². The van der Waals surface area contributed by atoms with Gasteiger partial charge in [0, 0.05) is 35.1 Å². The van der Waals surface area contributed by atoms with Crippen LogP contribution < -0.4 is 5.69 Å². The third-order valence-corrected chi connectivity index (χ3v) is 5.37. The first-order chi connectivity index (χ1) is 13.6. The molecule has 4 aromatic rings. The molecule has 8 heteroatoms. The largest absolute Gasteiger partial charge is 0.376 e. The van der Waals surface area contributed by atoms with Crippen molar-refractivity contribution < 1.29 is 9.47 Å². The van der Waals surface area contributed by atoms with Gasteiger partial charge in [-0.2, -0.15) is 0 Å². The van der Waals surface area contributed by atoms with Crippen LogP contribution >= 0.6 is 0 Å². The van der Waals surface area contributed by atoms with Crippen LogP contribution in [0.3, 0.4) is 0 Å². The highest BCUT2D eigenvalue weighted by Gasteiger charge is 2.19. The Labute approximate surface area is 160 Å². The minimum absolute atomic E-state index is 0.142. The lowest BCUT2D eigenvalue weighted by Crippen LogP contribution is -2.34. The van der Waals surface area contributed by atoms with Crippen LogP contribution in [0.4, 0.5) is 0 Å². The van der Waals surface area contributed by atoms with Gasteiger partial charge in [0.1, 0.15) is 5.65 Å². The number of nitrogens with one attached hydrogen (secondary N) is 2. The van der Waals surface area contributed by atoms with Gasteiger partial charge >= 0.3 is 5.69 Å². The topological polar surface area (TPSA) is 97.8 Å². The number of hydrogen-bond donors (Lipinski definition) is 2. The number of hydrogen-bond acceptors (Lipinski definition) is 5. The van der Waals surface area contributed by atoms with Gasteiger partial charge in [-0.15, -0.1) is 0 Å². The second-order valence-corrected chi connectivity index (χ2v) is 7.19. The molecule has 1 aliphatic rings. The summed E-state index contributed by atoms with van der Waals surface area (Å²) in [6, 6.07) is 1.99. The van der Waals surface area contributed by atoms with Crippen molar-refractivity contribution in [2.45, 2.75) is 26.5 Å². The van der Waals surface area contributed by atoms with Crippen molar-refractivity contribution in [2.75, 3.05) is 19.8 Å². The Bertz CT molecular complexity index is 1230. The number of imidazole rings is 1. The molecule has 0 spiro atoms. The smallest absolute Gasteiger partial charge is 0.327 e. The molecule has 0 unspecified atom stereocenters. The summed E-state index contributed by atoms with van der Waals surface area (Å²) < 4.78 is 12.8. The van der Waals surface area contributed by atoms with E-state index in [2.05, 4.69) is 33.8 Å². The van der Waals surface area contributed by atoms with Gasteiger partial charge in [0.25, 0.3) is 0 Å². The van der Waals surface area contributed by atoms with E-state index in [1.54, 1.807) is 10.8 Å². The molecule has 0 radical (unpaired) electrons. The van der Waals surface area contributed by atoms with E-state index in [1.165, 1.54) is 0 Å². The van der Waals surface area contributed by atoms with E-state index in [0.29, 0.717) is 32.0 Å². The monoisotopic (exact) mass is 379 g/mol. The Balaban J connectivity index is 1.61. The molecule has 5 heterocycles. The molecular formula is C20H21N5O3. The fourth-order valence-corrected chi connectivity index (χ4v) is 3.94. The van der Waals surface area contributed by atoms with Crippen LogP contribution in [0.15, 0.2) is 29.5 Å². The summed E-state index contributed by atoms with van der Waals surface area (Å²) in [5.74, 6) is 0. The number of pyridine rings is 2. The first-order valence-corrected chi connectivity index (χ1v) is 9.33. The number of rotatable bonds is 3. The molecule has 2 N–H and O–H groups in total. The van der Waals surface area contributed by atoms with Gasteiger partial charge in [-0.25, -0.2) is 14.8 Å². The van der Waals surface area contributed by atoms with Crippen molar-refractivity contribution in [1.29, 1.82) is 0 Å². The zero-order chi connectivity index (χ0) is 19.3. The summed E-state index contributed by atoms with van der Waals surface area (Å²) in [7, 11) is 0. The molecule has 28 heavy (non-hydrogen) atoms. The van der Waals surface area contributed by atoms with Crippen molar-refractivity contribution in [2.24, 2.45) is 0 Å². The van der Waals surface area contributed by atoms with Gasteiger partial charge in [0.2, 0.25) is 0 Å². The van der Waals surface area contributed by atoms with Gasteiger partial charge in [-0.3, -0.25) is 9.55 Å². The van der Waals surface area contributed by atoms with E-state index in [4.69, 9.17) is 9.47 Å². The van der Waals surface area contributed by atoms with Gasteiger partial charge < -0.3 is 14.5 Å². The summed E-state index contributed by atoms with van der Waals surface area (Å²) in [4.78, 5) is 27.5. The fourth-order valence-electron chi connectivity index (χ4n) is 3.94. The van der Waals surface area contributed by atoms with E-state index >= 15 is 0 Å². The fraction of sp³-hybridized carbons (Fsp3) is 0.350. The van der Waals surface area contributed by atoms with Crippen LogP contribution in [0.5, 0.6) is 0 Å². The van der Waals surface area contributed by atoms with Crippen LogP contribution in [-0.4, -0.2) is 50.4 Å². The van der Waals surface area contributed by atoms with E-state index in [9.17, 15) is 4.79 Å². The van der Waals surface area contributed by atoms with Crippen molar-refractivity contribution in [3.8, 4) is 11.1 Å². The van der Waals surface area contributed by atoms with E-state index in [-0.39, 0.29) is 11.8 Å². The van der Waals surface area contributed by atoms with Crippen molar-refractivity contribution in [3.63, 3.8) is 0 Å². The lowest BCUT2D eigenvalue weighted by Gasteiger charge is -2.23. The molecular weight excluding hydrogens is 358 g/mol. The molecule has 1 aliphatic heterocycles. The molecule has 0 amide bonds. The zero-order valence-corrected chi connectivity index (χ0v) is 15.8. The minimum atomic E-state index is -0.194. The molecule has 5 rings (SSSR count). The maximum atomic E-state index is 12.5. The van der Waals surface area contributed by atoms with Gasteiger partial charge in [0.05, 0.1) is 38.0 Å². The molecule has 4 aromatic heterocycles. The van der Waals surface area contributed by atoms with Crippen molar-refractivity contribution in [1.82, 2.24) is 24.5 Å². The number of aromatic amines is 2. The lowest BCUT2D eigenvalue weighted by molar-refractivity contribution is -0.0934. The third-order valence-electron chi connectivity index (χ3n) is 5.37. The minimum Gasteiger partial charge on any atom is -0.376 e. The quantitative estimate of drug-likeness (QED) is 0.569. The van der Waals surface area contributed by atoms with E-state index < -0.39 is 0 Å². The highest BCUT2D eigenvalue weighted by Crippen LogP contribution is 2.30. The predicted octanol–water partition coefficient (Wildman–Crippen LogP) is 2.30. The number of ether oxygens (including phenoxy) is 2. The number of H-pyrrole nitrogens is 2. The molecule has 0 bridgehead atoms. The van der Waals surface area contributed by atoms with Gasteiger partial charge in [-0.1, -0.05) is 0 Å². The number of aromatic nitrogens is 5. The van der Waals surface area contributed by atoms with E-state index in [0.717, 1.165) is 38.8 Å². The van der Waals surface area contributed by atoms with Gasteiger partial charge in [0.15, 0.2) is 5.65 Å². The number of aryl methyl sites for hydroxylation is 2. The van der Waals surface area contributed by atoms with Gasteiger partial charge in [-0.05, 0) is 31.0 Å². The second-order valence-electron chi connectivity index (χ2n) is 7.19. The summed E-state index contributed by atoms with van der Waals surface area (Å²) >= 11 is 0. The maximum Gasteiger partial charge on any atom is 0.327 e. The molecule has 8 nitrogen and oxygen atoms in total. The summed E-state index contributed by atoms with van der Waals surface area (Å²) in [6.45, 7) is 6.21. The SMILES string of the molecule is Cc1c[nH]c2ncc(-c3cnc4[nH]c(=O)n(C[C@H]5COCCO5)c4c3)c(C)c12. The third kappa shape index (κ3) is 2.73.